The summed E-state index contributed by atoms with van der Waals surface area (Å²) in [5.74, 6) is -1.70. The second-order valence-corrected chi connectivity index (χ2v) is 7.84. The van der Waals surface area contributed by atoms with Crippen LogP contribution >= 0.6 is 0 Å². The molecule has 0 spiro atoms. The fourth-order valence-corrected chi connectivity index (χ4v) is 4.01. The number of rotatable bonds is 5. The molecule has 0 amide bonds. The van der Waals surface area contributed by atoms with Gasteiger partial charge in [0.05, 0.1) is 13.3 Å². The molecule has 4 aromatic rings. The van der Waals surface area contributed by atoms with Gasteiger partial charge < -0.3 is 9.30 Å². The van der Waals surface area contributed by atoms with Crippen molar-refractivity contribution in [2.45, 2.75) is 4.90 Å². The summed E-state index contributed by atoms with van der Waals surface area (Å²) in [5.41, 5.74) is 1.53. The van der Waals surface area contributed by atoms with Crippen molar-refractivity contribution in [2.75, 3.05) is 11.8 Å². The number of methoxy groups -OCH3 is 1. The zero-order valence-electron chi connectivity index (χ0n) is 15.7. The maximum absolute atomic E-state index is 14.0. The van der Waals surface area contributed by atoms with Gasteiger partial charge in [0.25, 0.3) is 10.0 Å². The van der Waals surface area contributed by atoms with Gasteiger partial charge in [-0.3, -0.25) is 4.72 Å². The van der Waals surface area contributed by atoms with Gasteiger partial charge in [0, 0.05) is 24.9 Å². The minimum atomic E-state index is -4.39. The molecule has 0 radical (unpaired) electrons. The lowest BCUT2D eigenvalue weighted by atomic mass is 10.2. The first kappa shape index (κ1) is 19.6. The summed E-state index contributed by atoms with van der Waals surface area (Å²) in [6, 6.07) is 3.62. The van der Waals surface area contributed by atoms with E-state index in [9.17, 15) is 17.2 Å². The topological polar surface area (TPSA) is 112 Å². The molecule has 0 unspecified atom stereocenters. The van der Waals surface area contributed by atoms with E-state index in [4.69, 9.17) is 4.74 Å². The Morgan fingerprint density at radius 3 is 2.63 bits per heavy atom. The lowest BCUT2D eigenvalue weighted by Gasteiger charge is -2.13. The second kappa shape index (κ2) is 7.30. The number of benzene rings is 1. The van der Waals surface area contributed by atoms with Crippen LogP contribution in [0.2, 0.25) is 0 Å². The Hall–Kier alpha value is -3.67. The quantitative estimate of drug-likeness (QED) is 0.516. The third-order valence-corrected chi connectivity index (χ3v) is 5.66. The van der Waals surface area contributed by atoms with E-state index in [1.807, 2.05) is 0 Å². The fourth-order valence-electron chi connectivity index (χ4n) is 2.90. The van der Waals surface area contributed by atoms with Crippen molar-refractivity contribution in [3.05, 3.63) is 54.6 Å². The molecular weight excluding hydrogens is 418 g/mol. The zero-order valence-corrected chi connectivity index (χ0v) is 16.5. The van der Waals surface area contributed by atoms with Crippen LogP contribution in [0.25, 0.3) is 22.6 Å². The van der Waals surface area contributed by atoms with Crippen molar-refractivity contribution in [3.8, 4) is 17.3 Å². The number of ether oxygens (including phenoxy) is 1. The molecule has 0 fully saturated rings. The van der Waals surface area contributed by atoms with Crippen molar-refractivity contribution in [3.63, 3.8) is 0 Å². The molecule has 3 heterocycles. The van der Waals surface area contributed by atoms with E-state index in [1.54, 1.807) is 17.8 Å². The van der Waals surface area contributed by atoms with E-state index in [2.05, 4.69) is 24.7 Å². The van der Waals surface area contributed by atoms with E-state index in [1.165, 1.54) is 25.7 Å². The van der Waals surface area contributed by atoms with Crippen LogP contribution in [-0.4, -0.2) is 40.0 Å². The van der Waals surface area contributed by atoms with E-state index in [0.717, 1.165) is 12.1 Å². The van der Waals surface area contributed by atoms with E-state index >= 15 is 0 Å². The van der Waals surface area contributed by atoms with Crippen LogP contribution in [0, 0.1) is 11.6 Å². The lowest BCUT2D eigenvalue weighted by Crippen LogP contribution is -2.16. The summed E-state index contributed by atoms with van der Waals surface area (Å²) in [7, 11) is -1.34. The van der Waals surface area contributed by atoms with Crippen molar-refractivity contribution in [1.82, 2.24) is 24.5 Å². The van der Waals surface area contributed by atoms with Gasteiger partial charge in [0.15, 0.2) is 5.65 Å². The average molecular weight is 432 g/mol. The van der Waals surface area contributed by atoms with Gasteiger partial charge in [0.1, 0.15) is 39.9 Å². The number of pyridine rings is 1. The summed E-state index contributed by atoms with van der Waals surface area (Å²) in [4.78, 5) is 15.9. The Kier molecular flexibility index (Phi) is 4.78. The predicted molar refractivity (Wildman–Crippen MR) is 103 cm³/mol. The number of halogens is 2. The average Bonchev–Trinajstić information content (AvgIpc) is 3.04. The summed E-state index contributed by atoms with van der Waals surface area (Å²) in [6.07, 6.45) is 4.38. The number of sulfonamides is 1. The summed E-state index contributed by atoms with van der Waals surface area (Å²) < 4.78 is 61.5. The number of hydrogen-bond acceptors (Lipinski definition) is 7. The van der Waals surface area contributed by atoms with Gasteiger partial charge in [-0.25, -0.2) is 37.1 Å². The van der Waals surface area contributed by atoms with Gasteiger partial charge >= 0.3 is 0 Å². The van der Waals surface area contributed by atoms with Crippen LogP contribution in [-0.2, 0) is 17.1 Å². The number of nitrogens with one attached hydrogen (secondary N) is 1. The van der Waals surface area contributed by atoms with Crippen LogP contribution < -0.4 is 9.46 Å². The normalized spacial score (nSPS) is 11.6. The van der Waals surface area contributed by atoms with Crippen molar-refractivity contribution in [1.29, 1.82) is 0 Å². The monoisotopic (exact) mass is 432 g/mol. The van der Waals surface area contributed by atoms with Crippen LogP contribution in [0.1, 0.15) is 0 Å². The van der Waals surface area contributed by atoms with Crippen molar-refractivity contribution >= 4 is 26.9 Å². The molecule has 30 heavy (non-hydrogen) atoms. The van der Waals surface area contributed by atoms with Crippen molar-refractivity contribution in [2.24, 2.45) is 7.05 Å². The number of aryl methyl sites for hydroxylation is 1. The van der Waals surface area contributed by atoms with Gasteiger partial charge in [-0.1, -0.05) is 0 Å². The fraction of sp³-hybridized carbons (Fsp3) is 0.111. The highest BCUT2D eigenvalue weighted by atomic mass is 32.2. The minimum Gasteiger partial charge on any atom is -0.480 e. The molecule has 12 heteroatoms. The number of anilines is 1. The van der Waals surface area contributed by atoms with E-state index in [-0.39, 0.29) is 11.6 Å². The van der Waals surface area contributed by atoms with Crippen molar-refractivity contribution < 1.29 is 21.9 Å². The summed E-state index contributed by atoms with van der Waals surface area (Å²) >= 11 is 0. The van der Waals surface area contributed by atoms with Crippen LogP contribution in [0.5, 0.6) is 5.88 Å². The number of nitrogens with zero attached hydrogens (tertiary/aromatic N) is 5. The molecule has 0 saturated carbocycles. The molecule has 9 nitrogen and oxygen atoms in total. The molecule has 0 bridgehead atoms. The number of hydrogen-bond donors (Lipinski definition) is 1. The van der Waals surface area contributed by atoms with Crippen LogP contribution in [0.4, 0.5) is 14.5 Å². The lowest BCUT2D eigenvalue weighted by molar-refractivity contribution is 0.400. The molecule has 4 rings (SSSR count). The Balaban J connectivity index is 1.79. The molecule has 1 N–H and O–H groups in total. The number of imidazole rings is 1. The first-order chi connectivity index (χ1) is 14.3. The first-order valence-electron chi connectivity index (χ1n) is 8.45. The molecule has 3 aromatic heterocycles. The third-order valence-electron chi connectivity index (χ3n) is 4.26. The summed E-state index contributed by atoms with van der Waals surface area (Å²) in [5, 5.41) is 0. The molecule has 0 aliphatic heterocycles. The third kappa shape index (κ3) is 3.41. The molecular formula is C18H14F2N6O3S. The molecule has 1 aromatic carbocycles. The van der Waals surface area contributed by atoms with E-state index < -0.39 is 26.6 Å². The molecule has 0 saturated heterocycles. The molecule has 154 valence electrons. The second-order valence-electron chi connectivity index (χ2n) is 6.19. The predicted octanol–water partition coefficient (Wildman–Crippen LogP) is 2.51. The summed E-state index contributed by atoms with van der Waals surface area (Å²) in [6.45, 7) is 0. The van der Waals surface area contributed by atoms with Crippen LogP contribution in [0.3, 0.4) is 0 Å². The largest absolute Gasteiger partial charge is 0.480 e. The highest BCUT2D eigenvalue weighted by Crippen LogP contribution is 2.31. The Bertz CT molecular complexity index is 1370. The maximum Gasteiger partial charge on any atom is 0.264 e. The van der Waals surface area contributed by atoms with Gasteiger partial charge in [-0.2, -0.15) is 0 Å². The smallest absolute Gasteiger partial charge is 0.264 e. The molecule has 0 aliphatic rings. The Morgan fingerprint density at radius 1 is 1.13 bits per heavy atom. The van der Waals surface area contributed by atoms with Gasteiger partial charge in [0.2, 0.25) is 5.88 Å². The van der Waals surface area contributed by atoms with Gasteiger partial charge in [-0.15, -0.1) is 0 Å². The maximum atomic E-state index is 14.0. The Morgan fingerprint density at radius 2 is 1.93 bits per heavy atom. The standard InChI is InChI=1S/C18H14F2N6O3S/c1-26-16(24-14-8-21-9-23-17(14)26)10-5-13(18(29-2)22-7-10)25-30(27,28)15-4-3-11(19)6-12(15)20/h3-9,25H,1-2H3. The minimum absolute atomic E-state index is 0.0385. The Labute approximate surface area is 169 Å². The van der Waals surface area contributed by atoms with E-state index in [0.29, 0.717) is 28.6 Å². The highest BCUT2D eigenvalue weighted by Gasteiger charge is 2.23. The SMILES string of the molecule is COc1ncc(-c2nc3cncnc3n2C)cc1NS(=O)(=O)c1ccc(F)cc1F. The van der Waals surface area contributed by atoms with Gasteiger partial charge in [-0.05, 0) is 18.2 Å². The first-order valence-corrected chi connectivity index (χ1v) is 9.93. The molecule has 0 atom stereocenters. The molecule has 0 aliphatic carbocycles. The zero-order chi connectivity index (χ0) is 21.5. The number of fused-ring (bicyclic) bond motifs is 1. The van der Waals surface area contributed by atoms with Crippen LogP contribution in [0.15, 0.2) is 47.9 Å². The highest BCUT2D eigenvalue weighted by molar-refractivity contribution is 7.92. The number of aromatic nitrogens is 5.